The highest BCUT2D eigenvalue weighted by molar-refractivity contribution is 5.78. The van der Waals surface area contributed by atoms with Crippen LogP contribution in [0.5, 0.6) is 11.5 Å². The molecule has 0 bridgehead atoms. The standard InChI is InChI=1S/C30H38O4/c1-19-5-9-23(10-6-19)29(31)33-25-13-15-27(21(3)17-25)28-16-14-26(18-22(28)4)34-30(32)24-11-7-20(2)8-12-24/h13-20,23-24H,5-12H2,1-4H3. The molecular weight excluding hydrogens is 424 g/mol. The molecule has 0 amide bonds. The first-order valence-corrected chi connectivity index (χ1v) is 12.9. The molecule has 2 aromatic carbocycles. The fourth-order valence-corrected chi connectivity index (χ4v) is 5.39. The quantitative estimate of drug-likeness (QED) is 0.342. The van der Waals surface area contributed by atoms with Crippen molar-refractivity contribution in [2.45, 2.75) is 79.1 Å². The zero-order valence-corrected chi connectivity index (χ0v) is 21.1. The van der Waals surface area contributed by atoms with Crippen molar-refractivity contribution < 1.29 is 19.1 Å². The van der Waals surface area contributed by atoms with Crippen molar-refractivity contribution >= 4 is 11.9 Å². The van der Waals surface area contributed by atoms with Gasteiger partial charge >= 0.3 is 11.9 Å². The zero-order valence-electron chi connectivity index (χ0n) is 21.1. The van der Waals surface area contributed by atoms with Gasteiger partial charge in [0.1, 0.15) is 11.5 Å². The topological polar surface area (TPSA) is 52.6 Å². The Morgan fingerprint density at radius 1 is 0.618 bits per heavy atom. The van der Waals surface area contributed by atoms with Gasteiger partial charge in [0.25, 0.3) is 0 Å². The summed E-state index contributed by atoms with van der Waals surface area (Å²) < 4.78 is 11.4. The van der Waals surface area contributed by atoms with Crippen LogP contribution in [0, 0.1) is 37.5 Å². The summed E-state index contributed by atoms with van der Waals surface area (Å²) in [5.74, 6) is 2.46. The van der Waals surface area contributed by atoms with Gasteiger partial charge in [-0.2, -0.15) is 0 Å². The Hall–Kier alpha value is -2.62. The van der Waals surface area contributed by atoms with Gasteiger partial charge in [0.05, 0.1) is 11.8 Å². The SMILES string of the molecule is Cc1cc(OC(=O)C2CCC(C)CC2)ccc1-c1ccc(OC(=O)C2CCC(C)CC2)cc1C. The van der Waals surface area contributed by atoms with Crippen LogP contribution < -0.4 is 9.47 Å². The molecule has 2 aromatic rings. The Bertz CT molecular complexity index is 941. The van der Waals surface area contributed by atoms with Crippen LogP contribution in [0.4, 0.5) is 0 Å². The van der Waals surface area contributed by atoms with Crippen LogP contribution in [0.2, 0.25) is 0 Å². The Kier molecular flexibility index (Phi) is 7.75. The second kappa shape index (κ2) is 10.8. The van der Waals surface area contributed by atoms with Crippen molar-refractivity contribution in [2.24, 2.45) is 23.7 Å². The molecule has 0 spiro atoms. The van der Waals surface area contributed by atoms with Crippen LogP contribution in [0.15, 0.2) is 36.4 Å². The molecule has 2 saturated carbocycles. The van der Waals surface area contributed by atoms with Gasteiger partial charge in [0, 0.05) is 0 Å². The number of aryl methyl sites for hydroxylation is 2. The zero-order chi connectivity index (χ0) is 24.2. The summed E-state index contributed by atoms with van der Waals surface area (Å²) in [5.41, 5.74) is 4.27. The summed E-state index contributed by atoms with van der Waals surface area (Å²) in [6.07, 6.45) is 8.09. The number of carbonyl (C=O) groups excluding carboxylic acids is 2. The maximum absolute atomic E-state index is 12.6. The van der Waals surface area contributed by atoms with Crippen molar-refractivity contribution in [3.05, 3.63) is 47.5 Å². The second-order valence-electron chi connectivity index (χ2n) is 10.7. The summed E-state index contributed by atoms with van der Waals surface area (Å²) in [7, 11) is 0. The van der Waals surface area contributed by atoms with E-state index >= 15 is 0 Å². The lowest BCUT2D eigenvalue weighted by molar-refractivity contribution is -0.141. The molecule has 182 valence electrons. The predicted molar refractivity (Wildman–Crippen MR) is 135 cm³/mol. The Morgan fingerprint density at radius 3 is 1.29 bits per heavy atom. The van der Waals surface area contributed by atoms with Crippen molar-refractivity contribution in [1.29, 1.82) is 0 Å². The van der Waals surface area contributed by atoms with E-state index in [0.29, 0.717) is 23.3 Å². The molecule has 0 aromatic heterocycles. The summed E-state index contributed by atoms with van der Waals surface area (Å²) in [5, 5.41) is 0. The van der Waals surface area contributed by atoms with Gasteiger partial charge in [-0.15, -0.1) is 0 Å². The van der Waals surface area contributed by atoms with Crippen molar-refractivity contribution in [3.63, 3.8) is 0 Å². The van der Waals surface area contributed by atoms with Gasteiger partial charge in [0.15, 0.2) is 0 Å². The number of carbonyl (C=O) groups is 2. The van der Waals surface area contributed by atoms with E-state index in [9.17, 15) is 9.59 Å². The van der Waals surface area contributed by atoms with E-state index in [1.807, 2.05) is 50.2 Å². The molecule has 2 aliphatic carbocycles. The van der Waals surface area contributed by atoms with E-state index in [-0.39, 0.29) is 23.8 Å². The van der Waals surface area contributed by atoms with Crippen LogP contribution in [-0.2, 0) is 9.59 Å². The summed E-state index contributed by atoms with van der Waals surface area (Å²) in [6.45, 7) is 8.57. The van der Waals surface area contributed by atoms with Gasteiger partial charge in [-0.1, -0.05) is 26.0 Å². The maximum atomic E-state index is 12.6. The predicted octanol–water partition coefficient (Wildman–Crippen LogP) is 7.43. The number of hydrogen-bond acceptors (Lipinski definition) is 4. The first-order valence-electron chi connectivity index (χ1n) is 12.9. The summed E-state index contributed by atoms with van der Waals surface area (Å²) in [6, 6.07) is 11.7. The van der Waals surface area contributed by atoms with Crippen molar-refractivity contribution in [1.82, 2.24) is 0 Å². The lowest BCUT2D eigenvalue weighted by atomic mass is 9.83. The smallest absolute Gasteiger partial charge is 0.314 e. The third kappa shape index (κ3) is 5.89. The third-order valence-corrected chi connectivity index (χ3v) is 7.82. The molecule has 0 N–H and O–H groups in total. The molecule has 0 aliphatic heterocycles. The molecule has 4 heteroatoms. The second-order valence-corrected chi connectivity index (χ2v) is 10.7. The highest BCUT2D eigenvalue weighted by Crippen LogP contribution is 2.34. The molecule has 4 rings (SSSR count). The molecule has 0 heterocycles. The van der Waals surface area contributed by atoms with E-state index in [1.54, 1.807) is 0 Å². The number of ether oxygens (including phenoxy) is 2. The molecule has 0 saturated heterocycles. The van der Waals surface area contributed by atoms with E-state index < -0.39 is 0 Å². The molecule has 0 unspecified atom stereocenters. The monoisotopic (exact) mass is 462 g/mol. The molecule has 34 heavy (non-hydrogen) atoms. The number of rotatable bonds is 5. The minimum absolute atomic E-state index is 0.0192. The molecule has 0 radical (unpaired) electrons. The minimum atomic E-state index is -0.103. The van der Waals surface area contributed by atoms with Crippen LogP contribution in [0.3, 0.4) is 0 Å². The number of benzene rings is 2. The third-order valence-electron chi connectivity index (χ3n) is 7.82. The largest absolute Gasteiger partial charge is 0.426 e. The summed E-state index contributed by atoms with van der Waals surface area (Å²) in [4.78, 5) is 25.2. The summed E-state index contributed by atoms with van der Waals surface area (Å²) >= 11 is 0. The van der Waals surface area contributed by atoms with E-state index in [2.05, 4.69) is 13.8 Å². The normalized spacial score (nSPS) is 24.9. The minimum Gasteiger partial charge on any atom is -0.426 e. The van der Waals surface area contributed by atoms with Gasteiger partial charge in [-0.05, 0) is 124 Å². The Labute approximate surface area is 204 Å². The van der Waals surface area contributed by atoms with Crippen molar-refractivity contribution in [2.75, 3.05) is 0 Å². The van der Waals surface area contributed by atoms with E-state index in [4.69, 9.17) is 9.47 Å². The van der Waals surface area contributed by atoms with Crippen LogP contribution >= 0.6 is 0 Å². The van der Waals surface area contributed by atoms with Gasteiger partial charge in [0.2, 0.25) is 0 Å². The first-order chi connectivity index (χ1) is 16.3. The van der Waals surface area contributed by atoms with Crippen LogP contribution in [0.1, 0.15) is 76.3 Å². The molecule has 4 nitrogen and oxygen atoms in total. The Morgan fingerprint density at radius 2 is 0.971 bits per heavy atom. The highest BCUT2D eigenvalue weighted by Gasteiger charge is 2.27. The van der Waals surface area contributed by atoms with E-state index in [1.165, 1.54) is 0 Å². The fourth-order valence-electron chi connectivity index (χ4n) is 5.39. The molecule has 0 atom stereocenters. The average Bonchev–Trinajstić information content (AvgIpc) is 2.80. The Balaban J connectivity index is 1.40. The highest BCUT2D eigenvalue weighted by atomic mass is 16.5. The van der Waals surface area contributed by atoms with Gasteiger partial charge in [-0.25, -0.2) is 0 Å². The first kappa shape index (κ1) is 24.5. The van der Waals surface area contributed by atoms with E-state index in [0.717, 1.165) is 73.6 Å². The lowest BCUT2D eigenvalue weighted by Crippen LogP contribution is -2.25. The van der Waals surface area contributed by atoms with Gasteiger partial charge in [-0.3, -0.25) is 9.59 Å². The number of hydrogen-bond donors (Lipinski definition) is 0. The maximum Gasteiger partial charge on any atom is 0.314 e. The molecule has 2 fully saturated rings. The van der Waals surface area contributed by atoms with Crippen molar-refractivity contribution in [3.8, 4) is 22.6 Å². The number of esters is 2. The van der Waals surface area contributed by atoms with Crippen LogP contribution in [-0.4, -0.2) is 11.9 Å². The van der Waals surface area contributed by atoms with Gasteiger partial charge < -0.3 is 9.47 Å². The fraction of sp³-hybridized carbons (Fsp3) is 0.533. The lowest BCUT2D eigenvalue weighted by Gasteiger charge is -2.24. The van der Waals surface area contributed by atoms with Crippen LogP contribution in [0.25, 0.3) is 11.1 Å². The average molecular weight is 463 g/mol. The molecule has 2 aliphatic rings. The molecular formula is C30H38O4.